The minimum Gasteiger partial charge on any atom is -0.312 e. The number of rotatable bonds is 2. The van der Waals surface area contributed by atoms with Gasteiger partial charge in [-0.3, -0.25) is 9.59 Å². The number of para-hydroxylation sites is 2. The quantitative estimate of drug-likeness (QED) is 0.847. The second-order valence-corrected chi connectivity index (χ2v) is 8.94. The van der Waals surface area contributed by atoms with Crippen molar-refractivity contribution < 1.29 is 9.59 Å². The molecular weight excluding hydrogens is 302 g/mol. The van der Waals surface area contributed by atoms with Crippen molar-refractivity contribution in [3.63, 3.8) is 0 Å². The zero-order valence-electron chi connectivity index (χ0n) is 15.6. The number of carbonyl (C=O) groups is 2. The number of nitrogens with two attached hydrogens (primary N) is 1. The number of nitrogens with zero attached hydrogens (tertiary/aromatic N) is 2. The van der Waals surface area contributed by atoms with Crippen molar-refractivity contribution >= 4 is 23.2 Å². The maximum atomic E-state index is 12.9. The van der Waals surface area contributed by atoms with Crippen LogP contribution in [0.2, 0.25) is 0 Å². The number of carbonyl (C=O) groups excluding carboxylic acids is 2. The molecule has 0 unspecified atom stereocenters. The second-order valence-electron chi connectivity index (χ2n) is 8.94. The molecule has 24 heavy (non-hydrogen) atoms. The zero-order valence-corrected chi connectivity index (χ0v) is 15.6. The van der Waals surface area contributed by atoms with E-state index in [1.54, 1.807) is 9.80 Å². The normalized spacial score (nSPS) is 17.1. The lowest BCUT2D eigenvalue weighted by atomic mass is 9.95. The van der Waals surface area contributed by atoms with Crippen molar-refractivity contribution in [1.82, 2.24) is 0 Å². The fourth-order valence-electron chi connectivity index (χ4n) is 2.87. The smallest absolute Gasteiger partial charge is 0.253 e. The molecule has 2 rings (SSSR count). The Kier molecular flexibility index (Phi) is 4.77. The number of amides is 2. The van der Waals surface area contributed by atoms with E-state index in [9.17, 15) is 9.59 Å². The third-order valence-corrected chi connectivity index (χ3v) is 3.79. The van der Waals surface area contributed by atoms with Gasteiger partial charge in [0, 0.05) is 13.1 Å². The summed E-state index contributed by atoms with van der Waals surface area (Å²) in [5, 5.41) is 0. The summed E-state index contributed by atoms with van der Waals surface area (Å²) in [6, 6.07) is 6.39. The first-order valence-corrected chi connectivity index (χ1v) is 8.38. The Morgan fingerprint density at radius 3 is 1.46 bits per heavy atom. The van der Waals surface area contributed by atoms with Gasteiger partial charge in [-0.15, -0.1) is 0 Å². The molecule has 0 fully saturated rings. The van der Waals surface area contributed by atoms with Crippen LogP contribution in [0.1, 0.15) is 41.5 Å². The van der Waals surface area contributed by atoms with Crippen LogP contribution in [0.5, 0.6) is 0 Å². The van der Waals surface area contributed by atoms with Crippen LogP contribution >= 0.6 is 0 Å². The van der Waals surface area contributed by atoms with Gasteiger partial charge in [0.2, 0.25) is 0 Å². The van der Waals surface area contributed by atoms with E-state index >= 15 is 0 Å². The molecule has 0 saturated heterocycles. The maximum absolute atomic E-state index is 12.9. The minimum absolute atomic E-state index is 0.106. The predicted octanol–water partition coefficient (Wildman–Crippen LogP) is 2.79. The predicted molar refractivity (Wildman–Crippen MR) is 98.0 cm³/mol. The monoisotopic (exact) mass is 331 g/mol. The highest BCUT2D eigenvalue weighted by Crippen LogP contribution is 2.36. The fourth-order valence-corrected chi connectivity index (χ4v) is 2.87. The van der Waals surface area contributed by atoms with Crippen LogP contribution in [-0.2, 0) is 9.59 Å². The molecule has 5 heteroatoms. The van der Waals surface area contributed by atoms with Gasteiger partial charge in [-0.25, -0.2) is 0 Å². The molecule has 1 aliphatic rings. The summed E-state index contributed by atoms with van der Waals surface area (Å²) in [5.41, 5.74) is 7.33. The van der Waals surface area contributed by atoms with Gasteiger partial charge in [0.05, 0.1) is 11.4 Å². The van der Waals surface area contributed by atoms with Crippen molar-refractivity contribution in [3.05, 3.63) is 24.3 Å². The van der Waals surface area contributed by atoms with Gasteiger partial charge in [0.1, 0.15) is 0 Å². The standard InChI is InChI=1S/C19H29N3O2/c1-18(2,3)11-21-13-9-7-8-10-14(13)22(12-19(4,5)6)17(24)15(20)16(21)23/h7-10,15H,11-12,20H2,1-6H3. The first-order chi connectivity index (χ1) is 10.9. The van der Waals surface area contributed by atoms with Crippen molar-refractivity contribution in [2.45, 2.75) is 47.6 Å². The number of hydrogen-bond donors (Lipinski definition) is 1. The molecule has 132 valence electrons. The lowest BCUT2D eigenvalue weighted by Gasteiger charge is -2.32. The zero-order chi connectivity index (χ0) is 18.3. The molecule has 0 atom stereocenters. The van der Waals surface area contributed by atoms with Gasteiger partial charge < -0.3 is 15.5 Å². The molecular formula is C19H29N3O2. The summed E-state index contributed by atoms with van der Waals surface area (Å²) in [4.78, 5) is 29.1. The van der Waals surface area contributed by atoms with Crippen molar-refractivity contribution in [2.75, 3.05) is 22.9 Å². The summed E-state index contributed by atoms with van der Waals surface area (Å²) in [7, 11) is 0. The summed E-state index contributed by atoms with van der Waals surface area (Å²) in [6.07, 6.45) is 0. The topological polar surface area (TPSA) is 66.6 Å². The Bertz CT molecular complexity index is 586. The fraction of sp³-hybridized carbons (Fsp3) is 0.579. The largest absolute Gasteiger partial charge is 0.312 e. The SMILES string of the molecule is CC(C)(C)CN1C(=O)C(N)C(=O)N(CC(C)(C)C)c2ccccc21. The van der Waals surface area contributed by atoms with Crippen molar-refractivity contribution in [3.8, 4) is 0 Å². The van der Waals surface area contributed by atoms with E-state index < -0.39 is 6.04 Å². The Hall–Kier alpha value is -1.88. The van der Waals surface area contributed by atoms with Crippen LogP contribution in [0.4, 0.5) is 11.4 Å². The highest BCUT2D eigenvalue weighted by Gasteiger charge is 2.40. The van der Waals surface area contributed by atoms with E-state index in [1.807, 2.05) is 24.3 Å². The molecule has 0 aliphatic carbocycles. The number of hydrogen-bond acceptors (Lipinski definition) is 3. The molecule has 1 heterocycles. The number of fused-ring (bicyclic) bond motifs is 1. The van der Waals surface area contributed by atoms with E-state index in [0.29, 0.717) is 13.1 Å². The van der Waals surface area contributed by atoms with Gasteiger partial charge in [-0.1, -0.05) is 53.7 Å². The molecule has 2 N–H and O–H groups in total. The lowest BCUT2D eigenvalue weighted by Crippen LogP contribution is -2.53. The third-order valence-electron chi connectivity index (χ3n) is 3.79. The number of benzene rings is 1. The number of anilines is 2. The molecule has 2 amide bonds. The molecule has 1 aromatic carbocycles. The van der Waals surface area contributed by atoms with Crippen LogP contribution in [0.15, 0.2) is 24.3 Å². The molecule has 0 spiro atoms. The molecule has 1 aliphatic heterocycles. The van der Waals surface area contributed by atoms with Crippen LogP contribution in [0.25, 0.3) is 0 Å². The van der Waals surface area contributed by atoms with E-state index in [0.717, 1.165) is 11.4 Å². The van der Waals surface area contributed by atoms with E-state index in [2.05, 4.69) is 41.5 Å². The summed E-state index contributed by atoms with van der Waals surface area (Å²) in [6.45, 7) is 13.4. The average Bonchev–Trinajstić information content (AvgIpc) is 2.51. The molecule has 0 aromatic heterocycles. The summed E-state index contributed by atoms with van der Waals surface area (Å²) in [5.74, 6) is -0.669. The maximum Gasteiger partial charge on any atom is 0.253 e. The molecule has 0 bridgehead atoms. The first kappa shape index (κ1) is 18.5. The third kappa shape index (κ3) is 3.96. The minimum atomic E-state index is -1.16. The Morgan fingerprint density at radius 2 is 1.17 bits per heavy atom. The van der Waals surface area contributed by atoms with E-state index in [-0.39, 0.29) is 22.6 Å². The van der Waals surface area contributed by atoms with Gasteiger partial charge in [-0.05, 0) is 23.0 Å². The Morgan fingerprint density at radius 1 is 0.833 bits per heavy atom. The molecule has 1 aromatic rings. The first-order valence-electron chi connectivity index (χ1n) is 8.38. The molecule has 0 radical (unpaired) electrons. The summed E-state index contributed by atoms with van der Waals surface area (Å²) < 4.78 is 0. The average molecular weight is 331 g/mol. The Balaban J connectivity index is 2.59. The highest BCUT2D eigenvalue weighted by molar-refractivity contribution is 6.20. The van der Waals surface area contributed by atoms with Crippen LogP contribution in [0.3, 0.4) is 0 Å². The van der Waals surface area contributed by atoms with Crippen LogP contribution < -0.4 is 15.5 Å². The second kappa shape index (κ2) is 6.20. The van der Waals surface area contributed by atoms with Gasteiger partial charge in [0.25, 0.3) is 11.8 Å². The van der Waals surface area contributed by atoms with E-state index in [1.165, 1.54) is 0 Å². The van der Waals surface area contributed by atoms with Gasteiger partial charge in [-0.2, -0.15) is 0 Å². The lowest BCUT2D eigenvalue weighted by molar-refractivity contribution is -0.128. The van der Waals surface area contributed by atoms with Crippen LogP contribution in [0, 0.1) is 10.8 Å². The van der Waals surface area contributed by atoms with Crippen molar-refractivity contribution in [1.29, 1.82) is 0 Å². The van der Waals surface area contributed by atoms with Crippen molar-refractivity contribution in [2.24, 2.45) is 16.6 Å². The Labute approximate surface area is 144 Å². The van der Waals surface area contributed by atoms with Crippen LogP contribution in [-0.4, -0.2) is 30.9 Å². The molecule has 5 nitrogen and oxygen atoms in total. The highest BCUT2D eigenvalue weighted by atomic mass is 16.2. The summed E-state index contributed by atoms with van der Waals surface area (Å²) >= 11 is 0. The van der Waals surface area contributed by atoms with E-state index in [4.69, 9.17) is 5.73 Å². The van der Waals surface area contributed by atoms with Gasteiger partial charge >= 0.3 is 0 Å². The van der Waals surface area contributed by atoms with Gasteiger partial charge in [0.15, 0.2) is 6.04 Å². The molecule has 0 saturated carbocycles.